The summed E-state index contributed by atoms with van der Waals surface area (Å²) < 4.78 is 0. The highest BCUT2D eigenvalue weighted by molar-refractivity contribution is 5.89. The number of aromatic nitrogens is 1. The van der Waals surface area contributed by atoms with Crippen molar-refractivity contribution in [3.8, 4) is 6.07 Å². The van der Waals surface area contributed by atoms with Gasteiger partial charge < -0.3 is 0 Å². The monoisotopic (exact) mass is 168 g/mol. The Kier molecular flexibility index (Phi) is 1.71. The zero-order valence-corrected chi connectivity index (χ0v) is 7.28. The molecule has 0 aliphatic carbocycles. The van der Waals surface area contributed by atoms with Crippen molar-refractivity contribution >= 4 is 10.8 Å². The van der Waals surface area contributed by atoms with Gasteiger partial charge in [0, 0.05) is 23.2 Å². The van der Waals surface area contributed by atoms with Gasteiger partial charge in [-0.2, -0.15) is 5.26 Å². The molecule has 13 heavy (non-hydrogen) atoms. The van der Waals surface area contributed by atoms with Gasteiger partial charge in [0.1, 0.15) is 6.07 Å². The maximum absolute atomic E-state index is 8.84. The van der Waals surface area contributed by atoms with Crippen molar-refractivity contribution in [2.45, 2.75) is 6.92 Å². The third-order valence-corrected chi connectivity index (χ3v) is 2.14. The Balaban J connectivity index is 2.94. The minimum Gasteiger partial charge on any atom is -0.263 e. The Labute approximate surface area is 76.5 Å². The van der Waals surface area contributed by atoms with Gasteiger partial charge in [0.2, 0.25) is 0 Å². The Morgan fingerprint density at radius 3 is 2.85 bits per heavy atom. The zero-order chi connectivity index (χ0) is 9.26. The van der Waals surface area contributed by atoms with Gasteiger partial charge in [-0.3, -0.25) is 4.98 Å². The molecule has 0 spiro atoms. The van der Waals surface area contributed by atoms with Crippen LogP contribution in [-0.4, -0.2) is 4.98 Å². The molecule has 1 aromatic carbocycles. The molecule has 0 fully saturated rings. The van der Waals surface area contributed by atoms with Crippen LogP contribution in [-0.2, 0) is 0 Å². The molecule has 2 aromatic rings. The van der Waals surface area contributed by atoms with E-state index in [4.69, 9.17) is 5.26 Å². The summed E-state index contributed by atoms with van der Waals surface area (Å²) in [6, 6.07) is 8.06. The average molecular weight is 168 g/mol. The van der Waals surface area contributed by atoms with Crippen LogP contribution in [0.15, 0.2) is 30.6 Å². The fourth-order valence-electron chi connectivity index (χ4n) is 1.43. The van der Waals surface area contributed by atoms with Crippen LogP contribution in [0.2, 0.25) is 0 Å². The lowest BCUT2D eigenvalue weighted by Crippen LogP contribution is -1.84. The number of rotatable bonds is 0. The summed E-state index contributed by atoms with van der Waals surface area (Å²) in [5.74, 6) is 0. The second-order valence-corrected chi connectivity index (χ2v) is 2.97. The first-order valence-corrected chi connectivity index (χ1v) is 4.06. The predicted molar refractivity (Wildman–Crippen MR) is 51.2 cm³/mol. The van der Waals surface area contributed by atoms with E-state index in [0.29, 0.717) is 5.56 Å². The number of pyridine rings is 1. The summed E-state index contributed by atoms with van der Waals surface area (Å²) in [6.45, 7) is 2.02. The lowest BCUT2D eigenvalue weighted by molar-refractivity contribution is 1.33. The van der Waals surface area contributed by atoms with Crippen molar-refractivity contribution in [1.82, 2.24) is 4.98 Å². The second kappa shape index (κ2) is 2.87. The molecule has 2 rings (SSSR count). The van der Waals surface area contributed by atoms with Crippen molar-refractivity contribution in [3.05, 3.63) is 41.7 Å². The molecule has 0 unspecified atom stereocenters. The van der Waals surface area contributed by atoms with Crippen LogP contribution in [0.25, 0.3) is 10.8 Å². The van der Waals surface area contributed by atoms with Gasteiger partial charge in [-0.05, 0) is 12.5 Å². The van der Waals surface area contributed by atoms with E-state index in [1.165, 1.54) is 0 Å². The topological polar surface area (TPSA) is 36.7 Å². The van der Waals surface area contributed by atoms with Crippen LogP contribution in [0.5, 0.6) is 0 Å². The largest absolute Gasteiger partial charge is 0.263 e. The molecule has 0 saturated heterocycles. The first-order chi connectivity index (χ1) is 6.33. The van der Waals surface area contributed by atoms with Crippen LogP contribution in [0.1, 0.15) is 11.1 Å². The van der Waals surface area contributed by atoms with Gasteiger partial charge in [-0.1, -0.05) is 18.2 Å². The molecule has 0 N–H and O–H groups in total. The van der Waals surface area contributed by atoms with E-state index in [1.54, 1.807) is 12.4 Å². The lowest BCUT2D eigenvalue weighted by atomic mass is 10.0. The number of hydrogen-bond donors (Lipinski definition) is 0. The third kappa shape index (κ3) is 1.15. The molecule has 1 heterocycles. The molecule has 0 radical (unpaired) electrons. The second-order valence-electron chi connectivity index (χ2n) is 2.97. The number of hydrogen-bond acceptors (Lipinski definition) is 2. The minimum absolute atomic E-state index is 0.640. The van der Waals surface area contributed by atoms with Gasteiger partial charge in [0.25, 0.3) is 0 Å². The fourth-order valence-corrected chi connectivity index (χ4v) is 1.43. The summed E-state index contributed by atoms with van der Waals surface area (Å²) in [5, 5.41) is 10.9. The summed E-state index contributed by atoms with van der Waals surface area (Å²) in [5.41, 5.74) is 1.79. The maximum Gasteiger partial charge on any atom is 0.101 e. The van der Waals surface area contributed by atoms with Gasteiger partial charge in [0.15, 0.2) is 0 Å². The van der Waals surface area contributed by atoms with Crippen molar-refractivity contribution in [3.63, 3.8) is 0 Å². The van der Waals surface area contributed by atoms with Gasteiger partial charge in [-0.25, -0.2) is 0 Å². The van der Waals surface area contributed by atoms with E-state index in [9.17, 15) is 0 Å². The van der Waals surface area contributed by atoms with Gasteiger partial charge in [0.05, 0.1) is 5.56 Å². The van der Waals surface area contributed by atoms with Crippen LogP contribution < -0.4 is 0 Å². The van der Waals surface area contributed by atoms with Gasteiger partial charge in [-0.15, -0.1) is 0 Å². The molecule has 62 valence electrons. The lowest BCUT2D eigenvalue weighted by Gasteiger charge is -2.01. The van der Waals surface area contributed by atoms with E-state index >= 15 is 0 Å². The minimum atomic E-state index is 0.640. The van der Waals surface area contributed by atoms with Crippen molar-refractivity contribution in [2.24, 2.45) is 0 Å². The summed E-state index contributed by atoms with van der Waals surface area (Å²) >= 11 is 0. The molecule has 2 heteroatoms. The molecule has 0 saturated carbocycles. The maximum atomic E-state index is 8.84. The van der Waals surface area contributed by atoms with Gasteiger partial charge >= 0.3 is 0 Å². The van der Waals surface area contributed by atoms with E-state index < -0.39 is 0 Å². The highest BCUT2D eigenvalue weighted by atomic mass is 14.6. The number of nitriles is 1. The highest BCUT2D eigenvalue weighted by Gasteiger charge is 2.01. The quantitative estimate of drug-likeness (QED) is 0.605. The summed E-state index contributed by atoms with van der Waals surface area (Å²) in [4.78, 5) is 4.02. The fraction of sp³-hybridized carbons (Fsp3) is 0.0909. The molecular formula is C11H8N2. The molecule has 0 amide bonds. The molecule has 0 aliphatic heterocycles. The predicted octanol–water partition coefficient (Wildman–Crippen LogP) is 2.41. The molecule has 0 aliphatic rings. The number of benzene rings is 1. The van der Waals surface area contributed by atoms with Crippen LogP contribution in [0.3, 0.4) is 0 Å². The molecule has 0 atom stereocenters. The Morgan fingerprint density at radius 1 is 1.23 bits per heavy atom. The zero-order valence-electron chi connectivity index (χ0n) is 7.28. The van der Waals surface area contributed by atoms with E-state index in [2.05, 4.69) is 11.1 Å². The molecule has 1 aromatic heterocycles. The normalized spacial score (nSPS) is 9.85. The van der Waals surface area contributed by atoms with Crippen LogP contribution in [0.4, 0.5) is 0 Å². The SMILES string of the molecule is Cc1cccc2c(C#N)cncc12. The van der Waals surface area contributed by atoms with E-state index in [0.717, 1.165) is 16.3 Å². The van der Waals surface area contributed by atoms with Crippen LogP contribution in [0, 0.1) is 18.3 Å². The number of aryl methyl sites for hydroxylation is 1. The first-order valence-electron chi connectivity index (χ1n) is 4.06. The Hall–Kier alpha value is -1.88. The molecular weight excluding hydrogens is 160 g/mol. The summed E-state index contributed by atoms with van der Waals surface area (Å²) in [6.07, 6.45) is 3.40. The smallest absolute Gasteiger partial charge is 0.101 e. The highest BCUT2D eigenvalue weighted by Crippen LogP contribution is 2.19. The van der Waals surface area contributed by atoms with E-state index in [-0.39, 0.29) is 0 Å². The van der Waals surface area contributed by atoms with E-state index in [1.807, 2.05) is 25.1 Å². The third-order valence-electron chi connectivity index (χ3n) is 2.14. The van der Waals surface area contributed by atoms with Crippen molar-refractivity contribution in [1.29, 1.82) is 5.26 Å². The molecule has 0 bridgehead atoms. The number of nitrogens with zero attached hydrogens (tertiary/aromatic N) is 2. The number of fused-ring (bicyclic) bond motifs is 1. The first kappa shape index (κ1) is 7.75. The van der Waals surface area contributed by atoms with Crippen molar-refractivity contribution in [2.75, 3.05) is 0 Å². The Bertz CT molecular complexity index is 495. The van der Waals surface area contributed by atoms with Crippen molar-refractivity contribution < 1.29 is 0 Å². The summed E-state index contributed by atoms with van der Waals surface area (Å²) in [7, 11) is 0. The van der Waals surface area contributed by atoms with Crippen LogP contribution >= 0.6 is 0 Å². The molecule has 2 nitrogen and oxygen atoms in total. The standard InChI is InChI=1S/C11H8N2/c1-8-3-2-4-10-9(5-12)6-13-7-11(8)10/h2-4,6-7H,1H3. The Morgan fingerprint density at radius 2 is 2.08 bits per heavy atom. The average Bonchev–Trinajstić information content (AvgIpc) is 2.18.